The molecule has 0 saturated carbocycles. The maximum absolute atomic E-state index is 11.1. The number of thioether (sulfide) groups is 1. The van der Waals surface area contributed by atoms with Crippen molar-refractivity contribution in [2.24, 2.45) is 11.8 Å². The van der Waals surface area contributed by atoms with Crippen molar-refractivity contribution in [3.63, 3.8) is 0 Å². The van der Waals surface area contributed by atoms with Crippen LogP contribution >= 0.6 is 11.8 Å². The molecule has 1 aromatic carbocycles. The third kappa shape index (κ3) is 3.56. The molecule has 1 N–H and O–H groups in total. The van der Waals surface area contributed by atoms with Gasteiger partial charge in [0, 0.05) is 4.90 Å². The van der Waals surface area contributed by atoms with Crippen molar-refractivity contribution in [3.8, 4) is 0 Å². The maximum Gasteiger partial charge on any atom is 0.307 e. The summed E-state index contributed by atoms with van der Waals surface area (Å²) in [6.07, 6.45) is 2.64. The molecule has 0 fully saturated rings. The van der Waals surface area contributed by atoms with Gasteiger partial charge in [-0.3, -0.25) is 4.79 Å². The zero-order chi connectivity index (χ0) is 12.1. The van der Waals surface area contributed by atoms with Gasteiger partial charge in [0.05, 0.1) is 5.92 Å². The molecular formula is C13H18O2S. The van der Waals surface area contributed by atoms with Crippen molar-refractivity contribution in [3.05, 3.63) is 29.8 Å². The highest BCUT2D eigenvalue weighted by Gasteiger charge is 2.21. The second-order valence-corrected chi connectivity index (χ2v) is 5.12. The standard InChI is InChI=1S/C13H18O2S/c1-9(2)12(13(14)15)8-10-4-6-11(16-3)7-5-10/h4-7,9,12H,8H2,1-3H3,(H,14,15). The van der Waals surface area contributed by atoms with E-state index >= 15 is 0 Å². The summed E-state index contributed by atoms with van der Waals surface area (Å²) in [5.41, 5.74) is 1.10. The average molecular weight is 238 g/mol. The fourth-order valence-corrected chi connectivity index (χ4v) is 2.03. The SMILES string of the molecule is CSc1ccc(CC(C(=O)O)C(C)C)cc1. The second kappa shape index (κ2) is 5.94. The maximum atomic E-state index is 11.1. The predicted octanol–water partition coefficient (Wildman–Crippen LogP) is 3.31. The summed E-state index contributed by atoms with van der Waals surface area (Å²) in [4.78, 5) is 12.3. The van der Waals surface area contributed by atoms with E-state index in [9.17, 15) is 4.79 Å². The monoisotopic (exact) mass is 238 g/mol. The van der Waals surface area contributed by atoms with Gasteiger partial charge in [-0.2, -0.15) is 0 Å². The molecule has 0 aliphatic carbocycles. The highest BCUT2D eigenvalue weighted by molar-refractivity contribution is 7.98. The van der Waals surface area contributed by atoms with E-state index in [1.54, 1.807) is 11.8 Å². The van der Waals surface area contributed by atoms with Crippen LogP contribution in [-0.4, -0.2) is 17.3 Å². The van der Waals surface area contributed by atoms with E-state index in [1.807, 2.05) is 44.4 Å². The summed E-state index contributed by atoms with van der Waals surface area (Å²) in [7, 11) is 0. The molecule has 1 rings (SSSR count). The third-order valence-electron chi connectivity index (χ3n) is 2.74. The fourth-order valence-electron chi connectivity index (χ4n) is 1.62. The van der Waals surface area contributed by atoms with E-state index in [-0.39, 0.29) is 11.8 Å². The molecule has 1 atom stereocenters. The topological polar surface area (TPSA) is 37.3 Å². The number of carboxylic acid groups (broad SMARTS) is 1. The molecule has 1 unspecified atom stereocenters. The van der Waals surface area contributed by atoms with Crippen molar-refractivity contribution >= 4 is 17.7 Å². The van der Waals surface area contributed by atoms with E-state index in [2.05, 4.69) is 0 Å². The number of rotatable bonds is 5. The Bertz CT molecular complexity index is 343. The van der Waals surface area contributed by atoms with Crippen LogP contribution in [0.15, 0.2) is 29.2 Å². The van der Waals surface area contributed by atoms with Gasteiger partial charge in [-0.15, -0.1) is 11.8 Å². The molecule has 0 aromatic heterocycles. The lowest BCUT2D eigenvalue weighted by molar-refractivity contribution is -0.143. The summed E-state index contributed by atoms with van der Waals surface area (Å²) >= 11 is 1.69. The molecule has 0 aliphatic rings. The van der Waals surface area contributed by atoms with Crippen molar-refractivity contribution < 1.29 is 9.90 Å². The molecule has 0 amide bonds. The van der Waals surface area contributed by atoms with Gasteiger partial charge in [0.25, 0.3) is 0 Å². The van der Waals surface area contributed by atoms with Crippen LogP contribution in [0, 0.1) is 11.8 Å². The van der Waals surface area contributed by atoms with Gasteiger partial charge < -0.3 is 5.11 Å². The van der Waals surface area contributed by atoms with Gasteiger partial charge in [-0.05, 0) is 36.3 Å². The van der Waals surface area contributed by atoms with Crippen LogP contribution in [0.25, 0.3) is 0 Å². The summed E-state index contributed by atoms with van der Waals surface area (Å²) in [5, 5.41) is 9.10. The minimum Gasteiger partial charge on any atom is -0.481 e. The Hall–Kier alpha value is -0.960. The molecule has 0 spiro atoms. The molecule has 88 valence electrons. The van der Waals surface area contributed by atoms with Crippen LogP contribution in [0.5, 0.6) is 0 Å². The predicted molar refractivity (Wildman–Crippen MR) is 67.9 cm³/mol. The normalized spacial score (nSPS) is 12.8. The summed E-state index contributed by atoms with van der Waals surface area (Å²) in [6, 6.07) is 8.12. The van der Waals surface area contributed by atoms with Crippen LogP contribution in [0.1, 0.15) is 19.4 Å². The number of carboxylic acids is 1. The molecule has 0 heterocycles. The van der Waals surface area contributed by atoms with Gasteiger partial charge in [0.2, 0.25) is 0 Å². The lowest BCUT2D eigenvalue weighted by Crippen LogP contribution is -2.22. The molecule has 0 radical (unpaired) electrons. The Morgan fingerprint density at radius 3 is 2.25 bits per heavy atom. The highest BCUT2D eigenvalue weighted by Crippen LogP contribution is 2.20. The number of carbonyl (C=O) groups is 1. The molecule has 1 aromatic rings. The van der Waals surface area contributed by atoms with Crippen LogP contribution in [-0.2, 0) is 11.2 Å². The minimum absolute atomic E-state index is 0.165. The van der Waals surface area contributed by atoms with Crippen LogP contribution < -0.4 is 0 Å². The number of aliphatic carboxylic acids is 1. The highest BCUT2D eigenvalue weighted by atomic mass is 32.2. The van der Waals surface area contributed by atoms with Crippen molar-refractivity contribution in [1.82, 2.24) is 0 Å². The first-order valence-electron chi connectivity index (χ1n) is 5.40. The molecule has 16 heavy (non-hydrogen) atoms. The van der Waals surface area contributed by atoms with Gasteiger partial charge in [-0.25, -0.2) is 0 Å². The van der Waals surface area contributed by atoms with Crippen LogP contribution in [0.3, 0.4) is 0 Å². The summed E-state index contributed by atoms with van der Waals surface area (Å²) in [5.74, 6) is -0.832. The number of benzene rings is 1. The summed E-state index contributed by atoms with van der Waals surface area (Å²) < 4.78 is 0. The van der Waals surface area contributed by atoms with Gasteiger partial charge in [0.15, 0.2) is 0 Å². The molecule has 0 bridgehead atoms. The van der Waals surface area contributed by atoms with Crippen molar-refractivity contribution in [2.45, 2.75) is 25.2 Å². The summed E-state index contributed by atoms with van der Waals surface area (Å²) in [6.45, 7) is 3.91. The van der Waals surface area contributed by atoms with Crippen molar-refractivity contribution in [2.75, 3.05) is 6.26 Å². The molecule has 3 heteroatoms. The molecule has 0 aliphatic heterocycles. The van der Waals surface area contributed by atoms with E-state index in [0.29, 0.717) is 6.42 Å². The van der Waals surface area contributed by atoms with Gasteiger partial charge in [-0.1, -0.05) is 26.0 Å². The van der Waals surface area contributed by atoms with E-state index in [4.69, 9.17) is 5.11 Å². The molecular weight excluding hydrogens is 220 g/mol. The quantitative estimate of drug-likeness (QED) is 0.800. The first-order valence-corrected chi connectivity index (χ1v) is 6.62. The largest absolute Gasteiger partial charge is 0.481 e. The Morgan fingerprint density at radius 1 is 1.31 bits per heavy atom. The smallest absolute Gasteiger partial charge is 0.307 e. The lowest BCUT2D eigenvalue weighted by atomic mass is 9.89. The first-order chi connectivity index (χ1) is 7.54. The minimum atomic E-state index is -0.705. The zero-order valence-electron chi connectivity index (χ0n) is 9.93. The molecule has 2 nitrogen and oxygen atoms in total. The Labute approximate surface area is 101 Å². The third-order valence-corrected chi connectivity index (χ3v) is 3.48. The van der Waals surface area contributed by atoms with Gasteiger partial charge >= 0.3 is 5.97 Å². The van der Waals surface area contributed by atoms with Crippen LogP contribution in [0.2, 0.25) is 0 Å². The first kappa shape index (κ1) is 13.1. The Kier molecular flexibility index (Phi) is 4.87. The molecule has 0 saturated heterocycles. The van der Waals surface area contributed by atoms with Crippen LogP contribution in [0.4, 0.5) is 0 Å². The number of hydrogen-bond acceptors (Lipinski definition) is 2. The van der Waals surface area contributed by atoms with E-state index in [0.717, 1.165) is 5.56 Å². The number of hydrogen-bond donors (Lipinski definition) is 1. The Morgan fingerprint density at radius 2 is 1.88 bits per heavy atom. The van der Waals surface area contributed by atoms with E-state index in [1.165, 1.54) is 4.90 Å². The average Bonchev–Trinajstić information content (AvgIpc) is 2.25. The second-order valence-electron chi connectivity index (χ2n) is 4.24. The zero-order valence-corrected chi connectivity index (χ0v) is 10.8. The fraction of sp³-hybridized carbons (Fsp3) is 0.462. The lowest BCUT2D eigenvalue weighted by Gasteiger charge is -2.16. The van der Waals surface area contributed by atoms with Crippen molar-refractivity contribution in [1.29, 1.82) is 0 Å². The van der Waals surface area contributed by atoms with E-state index < -0.39 is 5.97 Å². The van der Waals surface area contributed by atoms with Gasteiger partial charge in [0.1, 0.15) is 0 Å². The Balaban J connectivity index is 2.74.